The summed E-state index contributed by atoms with van der Waals surface area (Å²) in [6, 6.07) is 8.49. The highest BCUT2D eigenvalue weighted by Crippen LogP contribution is 2.00. The zero-order valence-electron chi connectivity index (χ0n) is 7.24. The SMILES string of the molecule is CC.N#Cc1cccc(C=O)c1. The first-order valence-electron chi connectivity index (χ1n) is 3.82. The van der Waals surface area contributed by atoms with Gasteiger partial charge in [0.1, 0.15) is 6.29 Å². The Labute approximate surface area is 72.5 Å². The highest BCUT2D eigenvalue weighted by molar-refractivity contribution is 5.75. The first kappa shape index (κ1) is 10.4. The molecule has 2 nitrogen and oxygen atoms in total. The minimum atomic E-state index is 0.518. The van der Waals surface area contributed by atoms with E-state index in [9.17, 15) is 4.79 Å². The summed E-state index contributed by atoms with van der Waals surface area (Å²) in [5, 5.41) is 8.39. The maximum absolute atomic E-state index is 10.2. The normalized spacial score (nSPS) is 7.42. The van der Waals surface area contributed by atoms with Gasteiger partial charge >= 0.3 is 0 Å². The predicted molar refractivity (Wildman–Crippen MR) is 47.9 cm³/mol. The van der Waals surface area contributed by atoms with Crippen molar-refractivity contribution in [2.24, 2.45) is 0 Å². The van der Waals surface area contributed by atoms with Crippen molar-refractivity contribution >= 4 is 6.29 Å². The molecule has 0 bridgehead atoms. The minimum absolute atomic E-state index is 0.518. The number of aldehydes is 1. The van der Waals surface area contributed by atoms with Crippen LogP contribution in [-0.2, 0) is 0 Å². The molecular weight excluding hydrogens is 150 g/mol. The van der Waals surface area contributed by atoms with Crippen molar-refractivity contribution in [1.82, 2.24) is 0 Å². The summed E-state index contributed by atoms with van der Waals surface area (Å²) in [4.78, 5) is 10.2. The first-order chi connectivity index (χ1) is 5.86. The van der Waals surface area contributed by atoms with Crippen LogP contribution in [0.3, 0.4) is 0 Å². The molecule has 0 saturated carbocycles. The number of nitriles is 1. The second-order valence-electron chi connectivity index (χ2n) is 1.86. The van der Waals surface area contributed by atoms with Crippen LogP contribution in [0.1, 0.15) is 29.8 Å². The smallest absolute Gasteiger partial charge is 0.150 e. The Morgan fingerprint density at radius 2 is 2.08 bits per heavy atom. The fourth-order valence-electron chi connectivity index (χ4n) is 0.682. The van der Waals surface area contributed by atoms with E-state index < -0.39 is 0 Å². The maximum Gasteiger partial charge on any atom is 0.150 e. The molecule has 0 fully saturated rings. The lowest BCUT2D eigenvalue weighted by molar-refractivity contribution is 0.112. The third-order valence-corrected chi connectivity index (χ3v) is 1.15. The predicted octanol–water partition coefficient (Wildman–Crippen LogP) is 2.40. The van der Waals surface area contributed by atoms with E-state index in [-0.39, 0.29) is 0 Å². The van der Waals surface area contributed by atoms with Crippen molar-refractivity contribution in [3.8, 4) is 6.07 Å². The van der Waals surface area contributed by atoms with Gasteiger partial charge in [-0.3, -0.25) is 4.79 Å². The molecule has 0 atom stereocenters. The molecule has 0 heterocycles. The van der Waals surface area contributed by atoms with Gasteiger partial charge in [0.2, 0.25) is 0 Å². The van der Waals surface area contributed by atoms with E-state index in [0.29, 0.717) is 11.1 Å². The van der Waals surface area contributed by atoms with Gasteiger partial charge in [-0.15, -0.1) is 0 Å². The molecular formula is C10H11NO. The number of benzene rings is 1. The molecule has 1 aromatic carbocycles. The molecule has 2 heteroatoms. The Hall–Kier alpha value is -1.62. The average Bonchev–Trinajstić information content (AvgIpc) is 2.21. The van der Waals surface area contributed by atoms with Crippen LogP contribution >= 0.6 is 0 Å². The van der Waals surface area contributed by atoms with Crippen LogP contribution in [0, 0.1) is 11.3 Å². The van der Waals surface area contributed by atoms with E-state index in [1.807, 2.05) is 19.9 Å². The molecule has 0 spiro atoms. The quantitative estimate of drug-likeness (QED) is 0.593. The van der Waals surface area contributed by atoms with E-state index in [2.05, 4.69) is 0 Å². The van der Waals surface area contributed by atoms with Crippen LogP contribution in [0.5, 0.6) is 0 Å². The standard InChI is InChI=1S/C8H5NO.C2H6/c9-5-7-2-1-3-8(4-7)6-10;1-2/h1-4,6H;1-2H3. The van der Waals surface area contributed by atoms with Gasteiger partial charge in [-0.1, -0.05) is 26.0 Å². The highest BCUT2D eigenvalue weighted by atomic mass is 16.1. The maximum atomic E-state index is 10.2. The Kier molecular flexibility index (Phi) is 5.29. The van der Waals surface area contributed by atoms with E-state index in [1.165, 1.54) is 0 Å². The summed E-state index contributed by atoms with van der Waals surface area (Å²) in [7, 11) is 0. The lowest BCUT2D eigenvalue weighted by Gasteiger charge is -1.87. The molecule has 12 heavy (non-hydrogen) atoms. The molecule has 1 rings (SSSR count). The summed E-state index contributed by atoms with van der Waals surface area (Å²) < 4.78 is 0. The lowest BCUT2D eigenvalue weighted by atomic mass is 10.2. The number of rotatable bonds is 1. The molecule has 0 saturated heterocycles. The van der Waals surface area contributed by atoms with Crippen LogP contribution < -0.4 is 0 Å². The van der Waals surface area contributed by atoms with E-state index in [1.54, 1.807) is 24.3 Å². The molecule has 0 amide bonds. The number of carbonyl (C=O) groups is 1. The molecule has 0 N–H and O–H groups in total. The molecule has 0 aliphatic carbocycles. The number of carbonyl (C=O) groups excluding carboxylic acids is 1. The monoisotopic (exact) mass is 161 g/mol. The van der Waals surface area contributed by atoms with Gasteiger partial charge in [0.25, 0.3) is 0 Å². The third-order valence-electron chi connectivity index (χ3n) is 1.15. The molecule has 0 aliphatic heterocycles. The molecule has 0 radical (unpaired) electrons. The zero-order chi connectivity index (χ0) is 9.40. The van der Waals surface area contributed by atoms with Gasteiger partial charge < -0.3 is 0 Å². The van der Waals surface area contributed by atoms with Crippen molar-refractivity contribution in [3.63, 3.8) is 0 Å². The van der Waals surface area contributed by atoms with E-state index in [0.717, 1.165) is 6.29 Å². The van der Waals surface area contributed by atoms with Crippen molar-refractivity contribution in [1.29, 1.82) is 5.26 Å². The van der Waals surface area contributed by atoms with Gasteiger partial charge in [0.05, 0.1) is 11.6 Å². The fraction of sp³-hybridized carbons (Fsp3) is 0.200. The Bertz CT molecular complexity index is 286. The summed E-state index contributed by atoms with van der Waals surface area (Å²) in [6.45, 7) is 4.00. The van der Waals surface area contributed by atoms with Crippen molar-refractivity contribution < 1.29 is 4.79 Å². The topological polar surface area (TPSA) is 40.9 Å². The van der Waals surface area contributed by atoms with Crippen molar-refractivity contribution in [2.45, 2.75) is 13.8 Å². The van der Waals surface area contributed by atoms with Gasteiger partial charge in [-0.2, -0.15) is 5.26 Å². The van der Waals surface area contributed by atoms with Crippen LogP contribution in [0.2, 0.25) is 0 Å². The van der Waals surface area contributed by atoms with Crippen LogP contribution in [0.25, 0.3) is 0 Å². The minimum Gasteiger partial charge on any atom is -0.298 e. The first-order valence-corrected chi connectivity index (χ1v) is 3.82. The van der Waals surface area contributed by atoms with Crippen LogP contribution in [0.15, 0.2) is 24.3 Å². The van der Waals surface area contributed by atoms with Gasteiger partial charge in [0.15, 0.2) is 0 Å². The molecule has 1 aromatic rings. The molecule has 0 aromatic heterocycles. The lowest BCUT2D eigenvalue weighted by Crippen LogP contribution is -1.79. The zero-order valence-corrected chi connectivity index (χ0v) is 7.24. The Morgan fingerprint density at radius 3 is 2.58 bits per heavy atom. The third kappa shape index (κ3) is 2.98. The van der Waals surface area contributed by atoms with Crippen molar-refractivity contribution in [2.75, 3.05) is 0 Å². The Morgan fingerprint density at radius 1 is 1.42 bits per heavy atom. The summed E-state index contributed by atoms with van der Waals surface area (Å²) in [5.41, 5.74) is 1.06. The average molecular weight is 161 g/mol. The van der Waals surface area contributed by atoms with E-state index >= 15 is 0 Å². The number of nitrogens with zero attached hydrogens (tertiary/aromatic N) is 1. The number of hydrogen-bond donors (Lipinski definition) is 0. The van der Waals surface area contributed by atoms with Crippen LogP contribution in [-0.4, -0.2) is 6.29 Å². The van der Waals surface area contributed by atoms with Crippen LogP contribution in [0.4, 0.5) is 0 Å². The van der Waals surface area contributed by atoms with E-state index in [4.69, 9.17) is 5.26 Å². The molecule has 0 unspecified atom stereocenters. The molecule has 0 aliphatic rings. The second-order valence-corrected chi connectivity index (χ2v) is 1.86. The van der Waals surface area contributed by atoms with Crippen molar-refractivity contribution in [3.05, 3.63) is 35.4 Å². The summed E-state index contributed by atoms with van der Waals surface area (Å²) >= 11 is 0. The Balaban J connectivity index is 0.000000561. The van der Waals surface area contributed by atoms with Gasteiger partial charge in [-0.25, -0.2) is 0 Å². The fourth-order valence-corrected chi connectivity index (χ4v) is 0.682. The molecule has 62 valence electrons. The number of hydrogen-bond acceptors (Lipinski definition) is 2. The summed E-state index contributed by atoms with van der Waals surface area (Å²) in [5.74, 6) is 0. The second kappa shape index (κ2) is 6.11. The van der Waals surface area contributed by atoms with Gasteiger partial charge in [0, 0.05) is 5.56 Å². The van der Waals surface area contributed by atoms with Gasteiger partial charge in [-0.05, 0) is 12.1 Å². The highest BCUT2D eigenvalue weighted by Gasteiger charge is 1.90. The summed E-state index contributed by atoms with van der Waals surface area (Å²) in [6.07, 6.45) is 0.723. The largest absolute Gasteiger partial charge is 0.298 e.